The van der Waals surface area contributed by atoms with Crippen molar-refractivity contribution < 1.29 is 9.84 Å². The Morgan fingerprint density at radius 3 is 2.37 bits per heavy atom. The lowest BCUT2D eigenvalue weighted by molar-refractivity contribution is 0.220. The molecule has 2 nitrogen and oxygen atoms in total. The van der Waals surface area contributed by atoms with E-state index in [4.69, 9.17) is 16.3 Å². The van der Waals surface area contributed by atoms with Gasteiger partial charge in [-0.25, -0.2) is 0 Å². The van der Waals surface area contributed by atoms with Crippen molar-refractivity contribution in [1.29, 1.82) is 0 Å². The first kappa shape index (κ1) is 14.4. The number of aliphatic hydroxyl groups is 1. The maximum absolute atomic E-state index is 10.4. The third kappa shape index (κ3) is 3.11. The largest absolute Gasteiger partial charge is 0.496 e. The molecule has 0 heterocycles. The highest BCUT2D eigenvalue weighted by Gasteiger charge is 2.13. The van der Waals surface area contributed by atoms with Gasteiger partial charge in [-0.15, -0.1) is 0 Å². The lowest BCUT2D eigenvalue weighted by Gasteiger charge is -2.14. The molecule has 19 heavy (non-hydrogen) atoms. The first-order valence-corrected chi connectivity index (χ1v) is 6.97. The highest BCUT2D eigenvalue weighted by atomic mass is 79.9. The van der Waals surface area contributed by atoms with E-state index in [2.05, 4.69) is 15.9 Å². The molecule has 1 unspecified atom stereocenters. The van der Waals surface area contributed by atoms with Crippen molar-refractivity contribution in [3.63, 3.8) is 0 Å². The number of methoxy groups -OCH3 is 1. The molecule has 2 aromatic rings. The minimum absolute atomic E-state index is 0.585. The summed E-state index contributed by atoms with van der Waals surface area (Å²) >= 11 is 9.38. The lowest BCUT2D eigenvalue weighted by Crippen LogP contribution is -2.00. The van der Waals surface area contributed by atoms with Crippen LogP contribution in [-0.2, 0) is 0 Å². The molecule has 1 atom stereocenters. The van der Waals surface area contributed by atoms with Crippen molar-refractivity contribution in [2.75, 3.05) is 7.11 Å². The van der Waals surface area contributed by atoms with E-state index in [0.717, 1.165) is 26.9 Å². The van der Waals surface area contributed by atoms with Crippen LogP contribution in [0.1, 0.15) is 22.8 Å². The molecule has 0 radical (unpaired) electrons. The highest BCUT2D eigenvalue weighted by Crippen LogP contribution is 2.30. The number of aryl methyl sites for hydroxylation is 1. The Balaban J connectivity index is 2.35. The first-order chi connectivity index (χ1) is 9.02. The summed E-state index contributed by atoms with van der Waals surface area (Å²) in [5, 5.41) is 11.0. The van der Waals surface area contributed by atoms with Gasteiger partial charge in [0.15, 0.2) is 0 Å². The van der Waals surface area contributed by atoms with Gasteiger partial charge in [-0.05, 0) is 63.8 Å². The molecule has 0 aliphatic rings. The molecule has 100 valence electrons. The maximum Gasteiger partial charge on any atom is 0.121 e. The van der Waals surface area contributed by atoms with E-state index < -0.39 is 6.10 Å². The molecular weight excluding hydrogens is 328 g/mol. The second-order valence-corrected chi connectivity index (χ2v) is 5.57. The van der Waals surface area contributed by atoms with Crippen LogP contribution in [0.3, 0.4) is 0 Å². The zero-order valence-electron chi connectivity index (χ0n) is 10.7. The summed E-state index contributed by atoms with van der Waals surface area (Å²) in [5.74, 6) is 0.810. The molecular formula is C15H14BrClO2. The summed E-state index contributed by atoms with van der Waals surface area (Å²) in [6.07, 6.45) is -0.699. The summed E-state index contributed by atoms with van der Waals surface area (Å²) in [7, 11) is 1.63. The number of hydrogen-bond acceptors (Lipinski definition) is 2. The molecule has 2 aromatic carbocycles. The molecule has 2 rings (SSSR count). The van der Waals surface area contributed by atoms with Crippen molar-refractivity contribution in [2.45, 2.75) is 13.0 Å². The molecule has 1 N–H and O–H groups in total. The number of rotatable bonds is 3. The lowest BCUT2D eigenvalue weighted by atomic mass is 10.00. The Morgan fingerprint density at radius 1 is 1.16 bits per heavy atom. The van der Waals surface area contributed by atoms with Gasteiger partial charge in [0.25, 0.3) is 0 Å². The molecule has 0 saturated heterocycles. The molecule has 0 aliphatic carbocycles. The smallest absolute Gasteiger partial charge is 0.121 e. The molecule has 0 fully saturated rings. The quantitative estimate of drug-likeness (QED) is 0.890. The van der Waals surface area contributed by atoms with Crippen LogP contribution in [0.5, 0.6) is 5.75 Å². The third-order valence-corrected chi connectivity index (χ3v) is 4.23. The fourth-order valence-corrected chi connectivity index (χ4v) is 2.38. The molecule has 4 heteroatoms. The minimum atomic E-state index is -0.699. The van der Waals surface area contributed by atoms with E-state index in [1.54, 1.807) is 13.2 Å². The molecule has 0 amide bonds. The average Bonchev–Trinajstić information content (AvgIpc) is 2.41. The average molecular weight is 342 g/mol. The highest BCUT2D eigenvalue weighted by molar-refractivity contribution is 9.10. The van der Waals surface area contributed by atoms with Gasteiger partial charge in [0.05, 0.1) is 12.1 Å². The van der Waals surface area contributed by atoms with Crippen LogP contribution in [0.4, 0.5) is 0 Å². The Labute approximate surface area is 126 Å². The first-order valence-electron chi connectivity index (χ1n) is 5.80. The molecule has 0 bridgehead atoms. The van der Waals surface area contributed by atoms with Gasteiger partial charge in [-0.3, -0.25) is 0 Å². The maximum atomic E-state index is 10.4. The van der Waals surface area contributed by atoms with Crippen LogP contribution in [0, 0.1) is 6.92 Å². The fourth-order valence-electron chi connectivity index (χ4n) is 1.95. The summed E-state index contributed by atoms with van der Waals surface area (Å²) in [4.78, 5) is 0. The number of ether oxygens (including phenoxy) is 1. The van der Waals surface area contributed by atoms with Crippen LogP contribution in [0.25, 0.3) is 0 Å². The Morgan fingerprint density at radius 2 is 1.79 bits per heavy atom. The van der Waals surface area contributed by atoms with Gasteiger partial charge in [0, 0.05) is 4.47 Å². The van der Waals surface area contributed by atoms with Crippen molar-refractivity contribution >= 4 is 27.5 Å². The van der Waals surface area contributed by atoms with E-state index >= 15 is 0 Å². The number of halogens is 2. The van der Waals surface area contributed by atoms with Gasteiger partial charge in [0.2, 0.25) is 0 Å². The second kappa shape index (κ2) is 5.95. The molecule has 0 spiro atoms. The predicted molar refractivity (Wildman–Crippen MR) is 80.9 cm³/mol. The van der Waals surface area contributed by atoms with E-state index in [-0.39, 0.29) is 0 Å². The van der Waals surface area contributed by atoms with Crippen molar-refractivity contribution in [1.82, 2.24) is 0 Å². The van der Waals surface area contributed by atoms with Gasteiger partial charge < -0.3 is 9.84 Å². The predicted octanol–water partition coefficient (Wildman–Crippen LogP) is 4.50. The van der Waals surface area contributed by atoms with Gasteiger partial charge in [-0.2, -0.15) is 0 Å². The van der Waals surface area contributed by atoms with Crippen molar-refractivity contribution in [3.8, 4) is 5.75 Å². The Kier molecular flexibility index (Phi) is 4.50. The van der Waals surface area contributed by atoms with Crippen LogP contribution in [0.15, 0.2) is 40.9 Å². The van der Waals surface area contributed by atoms with Crippen LogP contribution in [0.2, 0.25) is 5.02 Å². The normalized spacial score (nSPS) is 12.3. The zero-order chi connectivity index (χ0) is 14.0. The summed E-state index contributed by atoms with van der Waals surface area (Å²) in [6.45, 7) is 1.95. The second-order valence-electron chi connectivity index (χ2n) is 4.31. The van der Waals surface area contributed by atoms with Gasteiger partial charge in [0.1, 0.15) is 11.9 Å². The summed E-state index contributed by atoms with van der Waals surface area (Å²) in [6, 6.07) is 11.1. The fraction of sp³-hybridized carbons (Fsp3) is 0.200. The van der Waals surface area contributed by atoms with Crippen LogP contribution < -0.4 is 4.74 Å². The summed E-state index contributed by atoms with van der Waals surface area (Å²) < 4.78 is 6.03. The number of hydrogen-bond donors (Lipinski definition) is 1. The summed E-state index contributed by atoms with van der Waals surface area (Å²) in [5.41, 5.74) is 2.57. The van der Waals surface area contributed by atoms with Crippen LogP contribution in [-0.4, -0.2) is 12.2 Å². The minimum Gasteiger partial charge on any atom is -0.496 e. The van der Waals surface area contributed by atoms with Crippen molar-refractivity contribution in [2.24, 2.45) is 0 Å². The topological polar surface area (TPSA) is 29.5 Å². The van der Waals surface area contributed by atoms with E-state index in [0.29, 0.717) is 5.02 Å². The third-order valence-electron chi connectivity index (χ3n) is 2.99. The van der Waals surface area contributed by atoms with E-state index in [1.165, 1.54) is 0 Å². The number of benzene rings is 2. The van der Waals surface area contributed by atoms with E-state index in [1.807, 2.05) is 37.3 Å². The van der Waals surface area contributed by atoms with Gasteiger partial charge >= 0.3 is 0 Å². The Hall–Kier alpha value is -1.03. The Bertz CT molecular complexity index is 599. The standard InChI is InChI=1S/C15H14BrClO2/c1-9-7-10(4-6-14(9)19-2)15(18)11-3-5-12(16)13(17)8-11/h3-8,15,18H,1-2H3. The molecule has 0 saturated carbocycles. The molecule has 0 aromatic heterocycles. The van der Waals surface area contributed by atoms with Crippen molar-refractivity contribution in [3.05, 3.63) is 62.6 Å². The SMILES string of the molecule is COc1ccc(C(O)c2ccc(Br)c(Cl)c2)cc1C. The monoisotopic (exact) mass is 340 g/mol. The molecule has 0 aliphatic heterocycles. The van der Waals surface area contributed by atoms with Crippen LogP contribution >= 0.6 is 27.5 Å². The van der Waals surface area contributed by atoms with E-state index in [9.17, 15) is 5.11 Å². The zero-order valence-corrected chi connectivity index (χ0v) is 13.0. The van der Waals surface area contributed by atoms with Gasteiger partial charge in [-0.1, -0.05) is 23.7 Å². The number of aliphatic hydroxyl groups excluding tert-OH is 1.